The fraction of sp³-hybridized carbons (Fsp3) is 0.615. The maximum Gasteiger partial charge on any atom is 0.307 e. The molecule has 0 amide bonds. The molecule has 0 aliphatic heterocycles. The first kappa shape index (κ1) is 13.8. The first-order valence-corrected chi connectivity index (χ1v) is 6.02. The summed E-state index contributed by atoms with van der Waals surface area (Å²) in [6.07, 6.45) is 3.47. The summed E-state index contributed by atoms with van der Waals surface area (Å²) in [6.45, 7) is 5.69. The molecule has 0 saturated heterocycles. The van der Waals surface area contributed by atoms with E-state index in [1.165, 1.54) is 0 Å². The number of aryl methyl sites for hydroxylation is 1. The highest BCUT2D eigenvalue weighted by molar-refractivity contribution is 5.70. The van der Waals surface area contributed by atoms with Gasteiger partial charge in [-0.3, -0.25) is 4.79 Å². The number of carboxylic acid groups (broad SMARTS) is 1. The highest BCUT2D eigenvalue weighted by atomic mass is 16.4. The van der Waals surface area contributed by atoms with E-state index in [0.717, 1.165) is 18.6 Å². The second-order valence-electron chi connectivity index (χ2n) is 4.60. The average Bonchev–Trinajstić information content (AvgIpc) is 2.77. The number of furan rings is 1. The van der Waals surface area contributed by atoms with Crippen molar-refractivity contribution < 1.29 is 14.3 Å². The normalized spacial score (nSPS) is 16.4. The number of hydrogen-bond donors (Lipinski definition) is 2. The van der Waals surface area contributed by atoms with Crippen LogP contribution in [0.2, 0.25) is 0 Å². The molecule has 96 valence electrons. The molecule has 1 aromatic rings. The molecule has 0 aliphatic carbocycles. The van der Waals surface area contributed by atoms with Crippen molar-refractivity contribution in [2.24, 2.45) is 5.92 Å². The Kier molecular flexibility index (Phi) is 5.22. The predicted molar refractivity (Wildman–Crippen MR) is 65.9 cm³/mol. The van der Waals surface area contributed by atoms with Gasteiger partial charge in [0, 0.05) is 18.5 Å². The molecule has 0 bridgehead atoms. The van der Waals surface area contributed by atoms with Gasteiger partial charge >= 0.3 is 5.97 Å². The van der Waals surface area contributed by atoms with Crippen LogP contribution in [-0.2, 0) is 11.2 Å². The molecule has 4 nitrogen and oxygen atoms in total. The number of carboxylic acids is 1. The van der Waals surface area contributed by atoms with Gasteiger partial charge in [-0.1, -0.05) is 6.92 Å². The molecule has 1 rings (SSSR count). The topological polar surface area (TPSA) is 62.5 Å². The van der Waals surface area contributed by atoms with Gasteiger partial charge in [0.2, 0.25) is 0 Å². The van der Waals surface area contributed by atoms with Crippen molar-refractivity contribution in [2.45, 2.75) is 45.7 Å². The molecular weight excluding hydrogens is 218 g/mol. The molecule has 17 heavy (non-hydrogen) atoms. The van der Waals surface area contributed by atoms with E-state index in [-0.39, 0.29) is 18.0 Å². The minimum Gasteiger partial charge on any atom is -0.481 e. The Morgan fingerprint density at radius 1 is 1.47 bits per heavy atom. The van der Waals surface area contributed by atoms with E-state index >= 15 is 0 Å². The third-order valence-electron chi connectivity index (χ3n) is 3.09. The van der Waals surface area contributed by atoms with Gasteiger partial charge in [-0.15, -0.1) is 0 Å². The van der Waals surface area contributed by atoms with Gasteiger partial charge in [-0.25, -0.2) is 0 Å². The SMILES string of the molecule is CC(CCc1ccco1)NC(C)C(C)C(=O)O. The lowest BCUT2D eigenvalue weighted by atomic mass is 10.0. The van der Waals surface area contributed by atoms with Gasteiger partial charge in [-0.05, 0) is 32.4 Å². The van der Waals surface area contributed by atoms with Crippen molar-refractivity contribution >= 4 is 5.97 Å². The van der Waals surface area contributed by atoms with Crippen molar-refractivity contribution in [3.63, 3.8) is 0 Å². The Balaban J connectivity index is 2.29. The van der Waals surface area contributed by atoms with Gasteiger partial charge in [0.1, 0.15) is 5.76 Å². The molecule has 3 atom stereocenters. The number of aliphatic carboxylic acids is 1. The largest absolute Gasteiger partial charge is 0.481 e. The van der Waals surface area contributed by atoms with Gasteiger partial charge in [-0.2, -0.15) is 0 Å². The van der Waals surface area contributed by atoms with Crippen LogP contribution >= 0.6 is 0 Å². The van der Waals surface area contributed by atoms with Crippen LogP contribution in [0.1, 0.15) is 33.0 Å². The highest BCUT2D eigenvalue weighted by Gasteiger charge is 2.20. The van der Waals surface area contributed by atoms with Crippen LogP contribution in [0.25, 0.3) is 0 Å². The van der Waals surface area contributed by atoms with Crippen molar-refractivity contribution in [3.8, 4) is 0 Å². The molecule has 1 heterocycles. The standard InChI is InChI=1S/C13H21NO3/c1-9(6-7-12-5-4-8-17-12)14-11(3)10(2)13(15)16/h4-5,8-11,14H,6-7H2,1-3H3,(H,15,16). The molecule has 0 fully saturated rings. The van der Waals surface area contributed by atoms with Crippen LogP contribution in [0, 0.1) is 5.92 Å². The van der Waals surface area contributed by atoms with E-state index in [1.54, 1.807) is 13.2 Å². The zero-order chi connectivity index (χ0) is 12.8. The van der Waals surface area contributed by atoms with E-state index in [9.17, 15) is 4.79 Å². The smallest absolute Gasteiger partial charge is 0.307 e. The molecule has 4 heteroatoms. The second-order valence-corrected chi connectivity index (χ2v) is 4.60. The van der Waals surface area contributed by atoms with Crippen molar-refractivity contribution in [1.29, 1.82) is 0 Å². The van der Waals surface area contributed by atoms with Crippen LogP contribution in [0.15, 0.2) is 22.8 Å². The third kappa shape index (κ3) is 4.61. The van der Waals surface area contributed by atoms with Gasteiger partial charge in [0.15, 0.2) is 0 Å². The first-order valence-electron chi connectivity index (χ1n) is 6.02. The third-order valence-corrected chi connectivity index (χ3v) is 3.09. The highest BCUT2D eigenvalue weighted by Crippen LogP contribution is 2.08. The van der Waals surface area contributed by atoms with Crippen molar-refractivity contribution in [2.75, 3.05) is 0 Å². The minimum atomic E-state index is -0.761. The van der Waals surface area contributed by atoms with Crippen molar-refractivity contribution in [3.05, 3.63) is 24.2 Å². The molecule has 0 aliphatic rings. The summed E-state index contributed by atoms with van der Waals surface area (Å²) < 4.78 is 5.25. The molecule has 3 unspecified atom stereocenters. The molecule has 0 aromatic carbocycles. The quantitative estimate of drug-likeness (QED) is 0.766. The van der Waals surface area contributed by atoms with Crippen LogP contribution in [-0.4, -0.2) is 23.2 Å². The Labute approximate surface area is 102 Å². The number of nitrogens with one attached hydrogen (secondary N) is 1. The zero-order valence-corrected chi connectivity index (χ0v) is 10.6. The zero-order valence-electron chi connectivity index (χ0n) is 10.6. The lowest BCUT2D eigenvalue weighted by molar-refractivity contribution is -0.142. The Bertz CT molecular complexity index is 334. The van der Waals surface area contributed by atoms with E-state index < -0.39 is 5.97 Å². The summed E-state index contributed by atoms with van der Waals surface area (Å²) in [6, 6.07) is 4.08. The number of carbonyl (C=O) groups is 1. The van der Waals surface area contributed by atoms with Crippen LogP contribution in [0.4, 0.5) is 0 Å². The predicted octanol–water partition coefficient (Wildman–Crippen LogP) is 2.30. The summed E-state index contributed by atoms with van der Waals surface area (Å²) in [5, 5.41) is 12.2. The van der Waals surface area contributed by atoms with Crippen LogP contribution in [0.3, 0.4) is 0 Å². The summed E-state index contributed by atoms with van der Waals surface area (Å²) in [4.78, 5) is 10.8. The fourth-order valence-electron chi connectivity index (χ4n) is 1.70. The molecule has 0 saturated carbocycles. The van der Waals surface area contributed by atoms with Gasteiger partial charge in [0.05, 0.1) is 12.2 Å². The fourth-order valence-corrected chi connectivity index (χ4v) is 1.70. The van der Waals surface area contributed by atoms with Crippen LogP contribution in [0.5, 0.6) is 0 Å². The van der Waals surface area contributed by atoms with E-state index in [1.807, 2.05) is 19.1 Å². The van der Waals surface area contributed by atoms with Gasteiger partial charge in [0.25, 0.3) is 0 Å². The van der Waals surface area contributed by atoms with Crippen LogP contribution < -0.4 is 5.32 Å². The van der Waals surface area contributed by atoms with E-state index in [0.29, 0.717) is 0 Å². The summed E-state index contributed by atoms with van der Waals surface area (Å²) in [7, 11) is 0. The average molecular weight is 239 g/mol. The Hall–Kier alpha value is -1.29. The molecule has 2 N–H and O–H groups in total. The Morgan fingerprint density at radius 3 is 2.71 bits per heavy atom. The van der Waals surface area contributed by atoms with E-state index in [2.05, 4.69) is 12.2 Å². The lowest BCUT2D eigenvalue weighted by Gasteiger charge is -2.22. The molecule has 0 radical (unpaired) electrons. The maximum absolute atomic E-state index is 10.8. The summed E-state index contributed by atoms with van der Waals surface area (Å²) in [5.74, 6) is -0.165. The molecule has 0 spiro atoms. The molecule has 1 aromatic heterocycles. The monoisotopic (exact) mass is 239 g/mol. The summed E-state index contributed by atoms with van der Waals surface area (Å²) >= 11 is 0. The van der Waals surface area contributed by atoms with Gasteiger partial charge < -0.3 is 14.8 Å². The minimum absolute atomic E-state index is 0.0286. The number of rotatable bonds is 7. The number of hydrogen-bond acceptors (Lipinski definition) is 3. The van der Waals surface area contributed by atoms with E-state index in [4.69, 9.17) is 9.52 Å². The lowest BCUT2D eigenvalue weighted by Crippen LogP contribution is -2.41. The summed E-state index contributed by atoms with van der Waals surface area (Å²) in [5.41, 5.74) is 0. The maximum atomic E-state index is 10.8. The second kappa shape index (κ2) is 6.45. The Morgan fingerprint density at radius 2 is 2.18 bits per heavy atom. The first-order chi connectivity index (χ1) is 8.00. The van der Waals surface area contributed by atoms with Crippen molar-refractivity contribution in [1.82, 2.24) is 5.32 Å². The molecular formula is C13H21NO3.